The molecule has 0 amide bonds. The van der Waals surface area contributed by atoms with Crippen molar-refractivity contribution in [2.24, 2.45) is 0 Å². The number of fused-ring (bicyclic) bond motifs is 1. The standard InChI is InChI=1S/C13H14O5/c1-16-12(17-2)7-9-10(14)5-3-8-4-6-11(15)18-13(8)9/h3-6,12,14H,7H2,1-2H3. The Balaban J connectivity index is 2.56. The summed E-state index contributed by atoms with van der Waals surface area (Å²) in [5.41, 5.74) is 0.404. The van der Waals surface area contributed by atoms with E-state index < -0.39 is 11.9 Å². The molecule has 1 heterocycles. The van der Waals surface area contributed by atoms with Crippen molar-refractivity contribution in [2.45, 2.75) is 12.7 Å². The third-order valence-corrected chi connectivity index (χ3v) is 2.76. The molecule has 0 fully saturated rings. The van der Waals surface area contributed by atoms with Gasteiger partial charge in [0.2, 0.25) is 0 Å². The van der Waals surface area contributed by atoms with Crippen LogP contribution in [0.2, 0.25) is 0 Å². The first-order chi connectivity index (χ1) is 8.65. The average molecular weight is 250 g/mol. The number of aromatic hydroxyl groups is 1. The summed E-state index contributed by atoms with van der Waals surface area (Å²) >= 11 is 0. The van der Waals surface area contributed by atoms with Gasteiger partial charge >= 0.3 is 5.63 Å². The van der Waals surface area contributed by atoms with Gasteiger partial charge in [-0.05, 0) is 18.2 Å². The van der Waals surface area contributed by atoms with Gasteiger partial charge in [0, 0.05) is 37.7 Å². The third-order valence-electron chi connectivity index (χ3n) is 2.76. The van der Waals surface area contributed by atoms with Crippen molar-refractivity contribution in [2.75, 3.05) is 14.2 Å². The van der Waals surface area contributed by atoms with Crippen LogP contribution in [0.25, 0.3) is 11.0 Å². The zero-order valence-electron chi connectivity index (χ0n) is 10.2. The van der Waals surface area contributed by atoms with Gasteiger partial charge in [0.25, 0.3) is 0 Å². The van der Waals surface area contributed by atoms with Crippen LogP contribution in [0.15, 0.2) is 33.5 Å². The monoisotopic (exact) mass is 250 g/mol. The molecule has 0 unspecified atom stereocenters. The fraction of sp³-hybridized carbons (Fsp3) is 0.308. The van der Waals surface area contributed by atoms with Gasteiger partial charge in [-0.1, -0.05) is 0 Å². The zero-order valence-corrected chi connectivity index (χ0v) is 10.2. The highest BCUT2D eigenvalue weighted by molar-refractivity contribution is 5.81. The lowest BCUT2D eigenvalue weighted by molar-refractivity contribution is -0.100. The molecule has 0 aliphatic heterocycles. The molecule has 0 saturated carbocycles. The molecule has 1 aromatic carbocycles. The quantitative estimate of drug-likeness (QED) is 0.660. The van der Waals surface area contributed by atoms with Crippen molar-refractivity contribution < 1.29 is 19.0 Å². The van der Waals surface area contributed by atoms with Crippen LogP contribution in [-0.4, -0.2) is 25.6 Å². The van der Waals surface area contributed by atoms with Crippen LogP contribution in [0.5, 0.6) is 5.75 Å². The third kappa shape index (κ3) is 2.37. The highest BCUT2D eigenvalue weighted by atomic mass is 16.7. The van der Waals surface area contributed by atoms with E-state index in [1.54, 1.807) is 18.2 Å². The van der Waals surface area contributed by atoms with Gasteiger partial charge in [0.1, 0.15) is 11.3 Å². The minimum Gasteiger partial charge on any atom is -0.508 e. The van der Waals surface area contributed by atoms with E-state index in [2.05, 4.69) is 0 Å². The van der Waals surface area contributed by atoms with Crippen LogP contribution in [0.1, 0.15) is 5.56 Å². The van der Waals surface area contributed by atoms with Crippen LogP contribution in [0.3, 0.4) is 0 Å². The van der Waals surface area contributed by atoms with E-state index in [4.69, 9.17) is 13.9 Å². The second kappa shape index (κ2) is 5.20. The van der Waals surface area contributed by atoms with E-state index in [0.29, 0.717) is 17.6 Å². The van der Waals surface area contributed by atoms with E-state index in [-0.39, 0.29) is 5.75 Å². The van der Waals surface area contributed by atoms with Crippen LogP contribution in [0.4, 0.5) is 0 Å². The molecule has 0 bridgehead atoms. The van der Waals surface area contributed by atoms with E-state index in [1.807, 2.05) is 0 Å². The first-order valence-electron chi connectivity index (χ1n) is 5.46. The summed E-state index contributed by atoms with van der Waals surface area (Å²) in [6, 6.07) is 6.23. The summed E-state index contributed by atoms with van der Waals surface area (Å²) < 4.78 is 15.3. The molecule has 5 heteroatoms. The van der Waals surface area contributed by atoms with Gasteiger partial charge in [0.15, 0.2) is 6.29 Å². The lowest BCUT2D eigenvalue weighted by Crippen LogP contribution is -2.16. The van der Waals surface area contributed by atoms with E-state index in [1.165, 1.54) is 20.3 Å². The maximum atomic E-state index is 11.3. The molecule has 0 spiro atoms. The first-order valence-corrected chi connectivity index (χ1v) is 5.46. The van der Waals surface area contributed by atoms with E-state index in [9.17, 15) is 9.90 Å². The fourth-order valence-electron chi connectivity index (χ4n) is 1.81. The van der Waals surface area contributed by atoms with Crippen molar-refractivity contribution in [1.29, 1.82) is 0 Å². The summed E-state index contributed by atoms with van der Waals surface area (Å²) in [5.74, 6) is 0.0518. The number of hydrogen-bond acceptors (Lipinski definition) is 5. The number of ether oxygens (including phenoxy) is 2. The summed E-state index contributed by atoms with van der Waals surface area (Å²) in [6.45, 7) is 0. The minimum atomic E-state index is -0.507. The van der Waals surface area contributed by atoms with Crippen molar-refractivity contribution in [3.05, 3.63) is 40.2 Å². The molecule has 2 rings (SSSR count). The van der Waals surface area contributed by atoms with Crippen LogP contribution < -0.4 is 5.63 Å². The molecule has 1 N–H and O–H groups in total. The van der Waals surface area contributed by atoms with Gasteiger partial charge in [-0.3, -0.25) is 0 Å². The second-order valence-electron chi connectivity index (χ2n) is 3.84. The number of phenols is 1. The molecule has 0 saturated heterocycles. The van der Waals surface area contributed by atoms with E-state index in [0.717, 1.165) is 5.39 Å². The summed E-state index contributed by atoms with van der Waals surface area (Å²) in [4.78, 5) is 11.3. The van der Waals surface area contributed by atoms with Gasteiger partial charge in [-0.2, -0.15) is 0 Å². The lowest BCUT2D eigenvalue weighted by atomic mass is 10.1. The highest BCUT2D eigenvalue weighted by Crippen LogP contribution is 2.27. The van der Waals surface area contributed by atoms with Crippen molar-refractivity contribution in [1.82, 2.24) is 0 Å². The Morgan fingerprint density at radius 2 is 1.89 bits per heavy atom. The Morgan fingerprint density at radius 1 is 1.22 bits per heavy atom. The first kappa shape index (κ1) is 12.6. The van der Waals surface area contributed by atoms with Gasteiger partial charge in [-0.25, -0.2) is 4.79 Å². The summed E-state index contributed by atoms with van der Waals surface area (Å²) in [7, 11) is 3.01. The highest BCUT2D eigenvalue weighted by Gasteiger charge is 2.15. The molecule has 0 atom stereocenters. The Morgan fingerprint density at radius 3 is 2.56 bits per heavy atom. The molecular formula is C13H14O5. The molecule has 2 aromatic rings. The summed E-state index contributed by atoms with van der Waals surface area (Å²) in [6.07, 6.45) is -0.213. The molecule has 96 valence electrons. The number of phenolic OH excluding ortho intramolecular Hbond substituents is 1. The predicted octanol–water partition coefficient (Wildman–Crippen LogP) is 1.66. The lowest BCUT2D eigenvalue weighted by Gasteiger charge is -2.14. The molecule has 18 heavy (non-hydrogen) atoms. The largest absolute Gasteiger partial charge is 0.508 e. The van der Waals surface area contributed by atoms with Gasteiger partial charge in [0.05, 0.1) is 0 Å². The number of methoxy groups -OCH3 is 2. The fourth-order valence-corrected chi connectivity index (χ4v) is 1.81. The van der Waals surface area contributed by atoms with Gasteiger partial charge < -0.3 is 19.0 Å². The Bertz CT molecular complexity index is 598. The second-order valence-corrected chi connectivity index (χ2v) is 3.84. The normalized spacial score (nSPS) is 11.3. The smallest absolute Gasteiger partial charge is 0.336 e. The SMILES string of the molecule is COC(Cc1c(O)ccc2ccc(=O)oc12)OC. The average Bonchev–Trinajstić information content (AvgIpc) is 2.38. The molecule has 0 aliphatic carbocycles. The zero-order chi connectivity index (χ0) is 13.1. The maximum absolute atomic E-state index is 11.3. The maximum Gasteiger partial charge on any atom is 0.336 e. The molecule has 5 nitrogen and oxygen atoms in total. The minimum absolute atomic E-state index is 0.0518. The topological polar surface area (TPSA) is 68.9 Å². The number of benzene rings is 1. The molecule has 1 aromatic heterocycles. The van der Waals surface area contributed by atoms with E-state index >= 15 is 0 Å². The summed E-state index contributed by atoms with van der Waals surface area (Å²) in [5, 5.41) is 10.6. The molecule has 0 aliphatic rings. The Hall–Kier alpha value is -1.85. The van der Waals surface area contributed by atoms with Crippen LogP contribution in [0, 0.1) is 0 Å². The molecular weight excluding hydrogens is 236 g/mol. The Kier molecular flexibility index (Phi) is 3.64. The van der Waals surface area contributed by atoms with Gasteiger partial charge in [-0.15, -0.1) is 0 Å². The number of hydrogen-bond donors (Lipinski definition) is 1. The number of rotatable bonds is 4. The van der Waals surface area contributed by atoms with Crippen molar-refractivity contribution in [3.8, 4) is 5.75 Å². The van der Waals surface area contributed by atoms with Crippen LogP contribution >= 0.6 is 0 Å². The Labute approximate surface area is 104 Å². The molecule has 0 radical (unpaired) electrons. The van der Waals surface area contributed by atoms with Crippen molar-refractivity contribution >= 4 is 11.0 Å². The predicted molar refractivity (Wildman–Crippen MR) is 65.7 cm³/mol. The van der Waals surface area contributed by atoms with Crippen molar-refractivity contribution in [3.63, 3.8) is 0 Å². The van der Waals surface area contributed by atoms with Crippen LogP contribution in [-0.2, 0) is 15.9 Å².